The summed E-state index contributed by atoms with van der Waals surface area (Å²) in [6.45, 7) is 2.14. The number of furan rings is 1. The van der Waals surface area contributed by atoms with Crippen LogP contribution in [0.1, 0.15) is 44.6 Å². The maximum absolute atomic E-state index is 15.2. The van der Waals surface area contributed by atoms with E-state index < -0.39 is 29.3 Å². The third-order valence-electron chi connectivity index (χ3n) is 5.44. The fraction of sp³-hybridized carbons (Fsp3) is 0.364. The molecule has 1 atom stereocenters. The molecule has 1 heterocycles. The summed E-state index contributed by atoms with van der Waals surface area (Å²) in [6, 6.07) is 5.34. The van der Waals surface area contributed by atoms with E-state index in [1.165, 1.54) is 6.07 Å². The fourth-order valence-electron chi connectivity index (χ4n) is 4.07. The van der Waals surface area contributed by atoms with Crippen molar-refractivity contribution in [3.05, 3.63) is 47.5 Å². The van der Waals surface area contributed by atoms with Gasteiger partial charge in [-0.1, -0.05) is 31.9 Å². The Morgan fingerprint density at radius 3 is 2.34 bits per heavy atom. The lowest BCUT2D eigenvalue weighted by molar-refractivity contribution is -0.275. The van der Waals surface area contributed by atoms with E-state index in [0.29, 0.717) is 16.9 Å². The van der Waals surface area contributed by atoms with Gasteiger partial charge in [0.2, 0.25) is 5.82 Å². The molecular formula is C22H19F5O2. The number of ether oxygens (including phenoxy) is 1. The molecule has 3 aromatic rings. The van der Waals surface area contributed by atoms with Crippen LogP contribution in [0.15, 0.2) is 34.8 Å². The smallest absolute Gasteiger partial charge is 0.450 e. The van der Waals surface area contributed by atoms with Gasteiger partial charge in [-0.15, -0.1) is 13.2 Å². The molecule has 0 spiro atoms. The molecule has 4 rings (SSSR count). The number of hydrogen-bond donors (Lipinski definition) is 0. The fourth-order valence-corrected chi connectivity index (χ4v) is 4.07. The van der Waals surface area contributed by atoms with Crippen LogP contribution in [-0.2, 0) is 0 Å². The Morgan fingerprint density at radius 1 is 1.03 bits per heavy atom. The number of fused-ring (bicyclic) bond motifs is 3. The molecule has 0 saturated carbocycles. The molecule has 0 radical (unpaired) electrons. The molecule has 0 amide bonds. The molecular weight excluding hydrogens is 391 g/mol. The van der Waals surface area contributed by atoms with Crippen molar-refractivity contribution < 1.29 is 31.1 Å². The van der Waals surface area contributed by atoms with Crippen molar-refractivity contribution in [2.45, 2.75) is 45.4 Å². The number of alkyl halides is 3. The zero-order chi connectivity index (χ0) is 20.8. The van der Waals surface area contributed by atoms with Crippen molar-refractivity contribution in [1.29, 1.82) is 0 Å². The number of hydrogen-bond acceptors (Lipinski definition) is 2. The van der Waals surface area contributed by atoms with Crippen LogP contribution in [0.5, 0.6) is 5.75 Å². The zero-order valence-electron chi connectivity index (χ0n) is 15.7. The van der Waals surface area contributed by atoms with E-state index in [9.17, 15) is 17.6 Å². The van der Waals surface area contributed by atoms with Gasteiger partial charge in [-0.05, 0) is 49.0 Å². The average molecular weight is 410 g/mol. The molecule has 1 aliphatic rings. The summed E-state index contributed by atoms with van der Waals surface area (Å²) in [5, 5.41) is 0.497. The Kier molecular flexibility index (Phi) is 5.00. The Hall–Kier alpha value is -2.57. The number of halogens is 5. The van der Waals surface area contributed by atoms with Crippen LogP contribution in [0.4, 0.5) is 22.0 Å². The predicted molar refractivity (Wildman–Crippen MR) is 101 cm³/mol. The first-order valence-electron chi connectivity index (χ1n) is 9.57. The molecule has 0 saturated heterocycles. The third kappa shape index (κ3) is 3.70. The van der Waals surface area contributed by atoms with Crippen LogP contribution < -0.4 is 4.74 Å². The Bertz CT molecular complexity index is 1090. The summed E-state index contributed by atoms with van der Waals surface area (Å²) in [7, 11) is 0. The second-order valence-electron chi connectivity index (χ2n) is 7.37. The first-order valence-corrected chi connectivity index (χ1v) is 9.57. The highest BCUT2D eigenvalue weighted by Gasteiger charge is 2.33. The van der Waals surface area contributed by atoms with Gasteiger partial charge in [0.1, 0.15) is 0 Å². The Morgan fingerprint density at radius 2 is 1.72 bits per heavy atom. The van der Waals surface area contributed by atoms with Gasteiger partial charge in [0.05, 0.1) is 0 Å². The molecule has 2 aromatic carbocycles. The monoisotopic (exact) mass is 410 g/mol. The number of rotatable bonds is 4. The van der Waals surface area contributed by atoms with Crippen LogP contribution in [0.25, 0.3) is 27.5 Å². The quantitative estimate of drug-likeness (QED) is 0.410. The number of benzene rings is 2. The molecule has 0 bridgehead atoms. The van der Waals surface area contributed by atoms with E-state index in [1.54, 1.807) is 12.1 Å². The first kappa shape index (κ1) is 19.7. The maximum Gasteiger partial charge on any atom is 0.573 e. The predicted octanol–water partition coefficient (Wildman–Crippen LogP) is 7.75. The second-order valence-corrected chi connectivity index (χ2v) is 7.37. The third-order valence-corrected chi connectivity index (χ3v) is 5.44. The molecule has 1 aliphatic carbocycles. The highest BCUT2D eigenvalue weighted by atomic mass is 19.4. The van der Waals surface area contributed by atoms with Crippen molar-refractivity contribution in [3.63, 3.8) is 0 Å². The van der Waals surface area contributed by atoms with Crippen LogP contribution in [0.2, 0.25) is 0 Å². The maximum atomic E-state index is 15.2. The zero-order valence-corrected chi connectivity index (χ0v) is 15.7. The summed E-state index contributed by atoms with van der Waals surface area (Å²) >= 11 is 0. The summed E-state index contributed by atoms with van der Waals surface area (Å²) in [4.78, 5) is 0. The Balaban J connectivity index is 1.77. The van der Waals surface area contributed by atoms with Crippen molar-refractivity contribution in [1.82, 2.24) is 0 Å². The van der Waals surface area contributed by atoms with Gasteiger partial charge in [0.15, 0.2) is 22.7 Å². The minimum absolute atomic E-state index is 0.169. The molecule has 2 nitrogen and oxygen atoms in total. The van der Waals surface area contributed by atoms with Crippen LogP contribution >= 0.6 is 0 Å². The minimum atomic E-state index is -5.04. The van der Waals surface area contributed by atoms with E-state index in [0.717, 1.165) is 43.7 Å². The van der Waals surface area contributed by atoms with Gasteiger partial charge in [-0.3, -0.25) is 0 Å². The largest absolute Gasteiger partial charge is 0.573 e. The lowest BCUT2D eigenvalue weighted by Crippen LogP contribution is -2.17. The molecule has 0 fully saturated rings. The van der Waals surface area contributed by atoms with Gasteiger partial charge in [0, 0.05) is 16.3 Å². The highest BCUT2D eigenvalue weighted by Crippen LogP contribution is 2.40. The molecule has 7 heteroatoms. The van der Waals surface area contributed by atoms with Crippen LogP contribution in [0, 0.1) is 17.6 Å². The summed E-state index contributed by atoms with van der Waals surface area (Å²) in [5.41, 5.74) is 0.632. The summed E-state index contributed by atoms with van der Waals surface area (Å²) in [6.07, 6.45) is 1.84. The van der Waals surface area contributed by atoms with E-state index in [4.69, 9.17) is 4.42 Å². The van der Waals surface area contributed by atoms with Gasteiger partial charge in [-0.25, -0.2) is 4.39 Å². The van der Waals surface area contributed by atoms with Crippen LogP contribution in [-0.4, -0.2) is 6.36 Å². The molecule has 0 N–H and O–H groups in total. The molecule has 1 aromatic heterocycles. The van der Waals surface area contributed by atoms with Gasteiger partial charge < -0.3 is 9.15 Å². The SMILES string of the molecule is CCCC1CC=C(c2ccc3c(oc4c(F)c(OC(F)(F)F)ccc43)c2F)CC1. The topological polar surface area (TPSA) is 22.4 Å². The van der Waals surface area contributed by atoms with Crippen molar-refractivity contribution >= 4 is 27.5 Å². The van der Waals surface area contributed by atoms with Crippen molar-refractivity contribution in [3.8, 4) is 5.75 Å². The van der Waals surface area contributed by atoms with Crippen LogP contribution in [0.3, 0.4) is 0 Å². The van der Waals surface area contributed by atoms with E-state index in [1.807, 2.05) is 6.08 Å². The second kappa shape index (κ2) is 7.35. The average Bonchev–Trinajstić information content (AvgIpc) is 3.05. The van der Waals surface area contributed by atoms with Gasteiger partial charge in [-0.2, -0.15) is 4.39 Å². The van der Waals surface area contributed by atoms with Crippen molar-refractivity contribution in [2.24, 2.45) is 5.92 Å². The lowest BCUT2D eigenvalue weighted by Gasteiger charge is -2.21. The summed E-state index contributed by atoms with van der Waals surface area (Å²) in [5.74, 6) is -2.35. The molecule has 154 valence electrons. The standard InChI is InChI=1S/C22H19F5O2/c1-2-3-12-4-6-13(7-5-12)14-8-9-15-16-10-11-17(29-22(25,26)27)19(24)21(16)28-20(15)18(14)23/h6,8-12H,2-5,7H2,1H3. The van der Waals surface area contributed by atoms with Crippen molar-refractivity contribution in [2.75, 3.05) is 0 Å². The van der Waals surface area contributed by atoms with E-state index in [2.05, 4.69) is 11.7 Å². The number of allylic oxidation sites excluding steroid dienone is 2. The highest BCUT2D eigenvalue weighted by molar-refractivity contribution is 6.06. The Labute approximate surface area is 163 Å². The molecule has 1 unspecified atom stereocenters. The molecule has 29 heavy (non-hydrogen) atoms. The van der Waals surface area contributed by atoms with Gasteiger partial charge in [0.25, 0.3) is 0 Å². The van der Waals surface area contributed by atoms with Gasteiger partial charge >= 0.3 is 6.36 Å². The normalized spacial score (nSPS) is 17.7. The van der Waals surface area contributed by atoms with E-state index >= 15 is 4.39 Å². The minimum Gasteiger partial charge on any atom is -0.450 e. The van der Waals surface area contributed by atoms with E-state index in [-0.39, 0.29) is 11.0 Å². The lowest BCUT2D eigenvalue weighted by atomic mass is 9.84. The first-order chi connectivity index (χ1) is 13.8. The molecule has 0 aliphatic heterocycles. The summed E-state index contributed by atoms with van der Waals surface area (Å²) < 4.78 is 76.0.